The van der Waals surface area contributed by atoms with E-state index in [1.165, 1.54) is 24.3 Å². The van der Waals surface area contributed by atoms with Crippen LogP contribution in [-0.2, 0) is 16.8 Å². The van der Waals surface area contributed by atoms with Crippen molar-refractivity contribution in [2.24, 2.45) is 0 Å². The molecular formula is C20H21FN2O2. The number of carbonyl (C=O) groups excluding carboxylic acids is 1. The van der Waals surface area contributed by atoms with Gasteiger partial charge in [0.15, 0.2) is 0 Å². The molecule has 1 atom stereocenters. The van der Waals surface area contributed by atoms with Gasteiger partial charge in [-0.25, -0.2) is 4.39 Å². The highest BCUT2D eigenvalue weighted by Gasteiger charge is 2.23. The second-order valence-corrected chi connectivity index (χ2v) is 6.46. The summed E-state index contributed by atoms with van der Waals surface area (Å²) in [7, 11) is 0. The average molecular weight is 340 g/mol. The smallest absolute Gasteiger partial charge is 0.220 e. The Hall–Kier alpha value is -2.66. The minimum absolute atomic E-state index is 0.0777. The van der Waals surface area contributed by atoms with E-state index in [2.05, 4.69) is 16.4 Å². The summed E-state index contributed by atoms with van der Waals surface area (Å²) in [6.07, 6.45) is 2.86. The minimum atomic E-state index is -1.24. The number of aryl methyl sites for hydroxylation is 1. The lowest BCUT2D eigenvalue weighted by Crippen LogP contribution is -2.38. The molecule has 1 unspecified atom stereocenters. The van der Waals surface area contributed by atoms with Gasteiger partial charge in [-0.05, 0) is 60.2 Å². The standard InChI is InChI=1S/C20H21FN2O2/c1-20(25,16-4-6-17(21)7-5-16)13-23-19(24)9-3-14-2-8-18-15(12-14)10-11-22-18/h2,4-8,10-12,22,25H,3,9,13H2,1H3,(H,23,24). The molecule has 1 amide bonds. The van der Waals surface area contributed by atoms with E-state index in [-0.39, 0.29) is 18.3 Å². The summed E-state index contributed by atoms with van der Waals surface area (Å²) >= 11 is 0. The van der Waals surface area contributed by atoms with Crippen LogP contribution in [0.5, 0.6) is 0 Å². The zero-order valence-electron chi connectivity index (χ0n) is 14.1. The van der Waals surface area contributed by atoms with Crippen LogP contribution in [0.2, 0.25) is 0 Å². The summed E-state index contributed by atoms with van der Waals surface area (Å²) in [5.74, 6) is -0.487. The van der Waals surface area contributed by atoms with Gasteiger partial charge in [-0.15, -0.1) is 0 Å². The second kappa shape index (κ2) is 7.07. The maximum absolute atomic E-state index is 13.0. The van der Waals surface area contributed by atoms with Gasteiger partial charge in [0.05, 0.1) is 6.54 Å². The van der Waals surface area contributed by atoms with Gasteiger partial charge in [0.2, 0.25) is 5.91 Å². The molecule has 5 heteroatoms. The summed E-state index contributed by atoms with van der Waals surface area (Å²) in [4.78, 5) is 15.2. The highest BCUT2D eigenvalue weighted by Crippen LogP contribution is 2.20. The molecular weight excluding hydrogens is 319 g/mol. The molecule has 0 aliphatic carbocycles. The molecule has 3 aromatic rings. The third kappa shape index (κ3) is 4.25. The van der Waals surface area contributed by atoms with Crippen molar-refractivity contribution in [3.63, 3.8) is 0 Å². The largest absolute Gasteiger partial charge is 0.384 e. The van der Waals surface area contributed by atoms with E-state index in [1.54, 1.807) is 6.92 Å². The van der Waals surface area contributed by atoms with Crippen molar-refractivity contribution in [3.8, 4) is 0 Å². The molecule has 3 rings (SSSR count). The Morgan fingerprint density at radius 2 is 1.96 bits per heavy atom. The van der Waals surface area contributed by atoms with Crippen LogP contribution >= 0.6 is 0 Å². The number of aromatic amines is 1. The number of aliphatic hydroxyl groups is 1. The first-order chi connectivity index (χ1) is 11.9. The number of H-pyrrole nitrogens is 1. The van der Waals surface area contributed by atoms with Crippen LogP contribution in [0.1, 0.15) is 24.5 Å². The summed E-state index contributed by atoms with van der Waals surface area (Å²) in [6, 6.07) is 13.7. The van der Waals surface area contributed by atoms with Crippen LogP contribution in [0, 0.1) is 5.82 Å². The highest BCUT2D eigenvalue weighted by atomic mass is 19.1. The van der Waals surface area contributed by atoms with Gasteiger partial charge in [0.1, 0.15) is 11.4 Å². The minimum Gasteiger partial charge on any atom is -0.384 e. The number of aromatic nitrogens is 1. The van der Waals surface area contributed by atoms with E-state index in [0.717, 1.165) is 16.5 Å². The number of nitrogens with one attached hydrogen (secondary N) is 2. The van der Waals surface area contributed by atoms with Gasteiger partial charge >= 0.3 is 0 Å². The van der Waals surface area contributed by atoms with Crippen LogP contribution < -0.4 is 5.32 Å². The molecule has 1 heterocycles. The Balaban J connectivity index is 1.52. The first-order valence-corrected chi connectivity index (χ1v) is 8.25. The monoisotopic (exact) mass is 340 g/mol. The summed E-state index contributed by atoms with van der Waals surface area (Å²) in [5, 5.41) is 14.3. The average Bonchev–Trinajstić information content (AvgIpc) is 3.06. The molecule has 0 spiro atoms. The number of rotatable bonds is 6. The van der Waals surface area contributed by atoms with E-state index in [9.17, 15) is 14.3 Å². The third-order valence-corrected chi connectivity index (χ3v) is 4.35. The summed E-state index contributed by atoms with van der Waals surface area (Å²) in [5.41, 5.74) is 1.48. The number of fused-ring (bicyclic) bond motifs is 1. The Morgan fingerprint density at radius 3 is 2.72 bits per heavy atom. The van der Waals surface area contributed by atoms with Crippen LogP contribution in [0.4, 0.5) is 4.39 Å². The molecule has 0 saturated carbocycles. The van der Waals surface area contributed by atoms with Gasteiger partial charge < -0.3 is 15.4 Å². The van der Waals surface area contributed by atoms with Crippen molar-refractivity contribution < 1.29 is 14.3 Å². The number of hydrogen-bond acceptors (Lipinski definition) is 2. The number of benzene rings is 2. The molecule has 2 aromatic carbocycles. The fraction of sp³-hybridized carbons (Fsp3) is 0.250. The van der Waals surface area contributed by atoms with Gasteiger partial charge in [-0.2, -0.15) is 0 Å². The Bertz CT molecular complexity index is 869. The lowest BCUT2D eigenvalue weighted by atomic mass is 9.96. The van der Waals surface area contributed by atoms with Gasteiger partial charge in [0.25, 0.3) is 0 Å². The predicted molar refractivity (Wildman–Crippen MR) is 95.6 cm³/mol. The van der Waals surface area contributed by atoms with E-state index >= 15 is 0 Å². The van der Waals surface area contributed by atoms with E-state index < -0.39 is 5.60 Å². The number of hydrogen-bond donors (Lipinski definition) is 3. The third-order valence-electron chi connectivity index (χ3n) is 4.35. The van der Waals surface area contributed by atoms with Crippen LogP contribution in [-0.4, -0.2) is 22.5 Å². The van der Waals surface area contributed by atoms with Crippen molar-refractivity contribution in [3.05, 3.63) is 71.7 Å². The molecule has 1 aromatic heterocycles. The van der Waals surface area contributed by atoms with Gasteiger partial charge in [0, 0.05) is 18.1 Å². The lowest BCUT2D eigenvalue weighted by molar-refractivity contribution is -0.122. The van der Waals surface area contributed by atoms with E-state index in [0.29, 0.717) is 18.4 Å². The van der Waals surface area contributed by atoms with Gasteiger partial charge in [-0.1, -0.05) is 18.2 Å². The topological polar surface area (TPSA) is 65.1 Å². The second-order valence-electron chi connectivity index (χ2n) is 6.46. The maximum atomic E-state index is 13.0. The normalized spacial score (nSPS) is 13.6. The summed E-state index contributed by atoms with van der Waals surface area (Å²) in [6.45, 7) is 1.68. The molecule has 0 saturated heterocycles. The zero-order valence-corrected chi connectivity index (χ0v) is 14.1. The SMILES string of the molecule is CC(O)(CNC(=O)CCc1ccc2[nH]ccc2c1)c1ccc(F)cc1. The fourth-order valence-corrected chi connectivity index (χ4v) is 2.79. The molecule has 4 nitrogen and oxygen atoms in total. The van der Waals surface area contributed by atoms with Crippen molar-refractivity contribution in [1.29, 1.82) is 0 Å². The Kier molecular flexibility index (Phi) is 4.86. The lowest BCUT2D eigenvalue weighted by Gasteiger charge is -2.24. The Morgan fingerprint density at radius 1 is 1.20 bits per heavy atom. The highest BCUT2D eigenvalue weighted by molar-refractivity contribution is 5.80. The van der Waals surface area contributed by atoms with Crippen molar-refractivity contribution in [2.45, 2.75) is 25.4 Å². The molecule has 0 aliphatic heterocycles. The quantitative estimate of drug-likeness (QED) is 0.645. The molecule has 130 valence electrons. The molecule has 0 radical (unpaired) electrons. The molecule has 0 bridgehead atoms. The summed E-state index contributed by atoms with van der Waals surface area (Å²) < 4.78 is 13.0. The first-order valence-electron chi connectivity index (χ1n) is 8.25. The molecule has 3 N–H and O–H groups in total. The number of carbonyl (C=O) groups is 1. The molecule has 0 fully saturated rings. The van der Waals surface area contributed by atoms with Crippen LogP contribution in [0.25, 0.3) is 10.9 Å². The van der Waals surface area contributed by atoms with Crippen LogP contribution in [0.15, 0.2) is 54.7 Å². The first kappa shape index (κ1) is 17.2. The zero-order chi connectivity index (χ0) is 17.9. The number of halogens is 1. The van der Waals surface area contributed by atoms with Crippen LogP contribution in [0.3, 0.4) is 0 Å². The molecule has 25 heavy (non-hydrogen) atoms. The number of amides is 1. The molecule has 0 aliphatic rings. The van der Waals surface area contributed by atoms with Crippen molar-refractivity contribution in [2.75, 3.05) is 6.54 Å². The van der Waals surface area contributed by atoms with Crippen molar-refractivity contribution >= 4 is 16.8 Å². The van der Waals surface area contributed by atoms with E-state index in [4.69, 9.17) is 0 Å². The van der Waals surface area contributed by atoms with Crippen molar-refractivity contribution in [1.82, 2.24) is 10.3 Å². The maximum Gasteiger partial charge on any atom is 0.220 e. The van der Waals surface area contributed by atoms with Gasteiger partial charge in [-0.3, -0.25) is 4.79 Å². The van der Waals surface area contributed by atoms with E-state index in [1.807, 2.05) is 24.4 Å². The predicted octanol–water partition coefficient (Wildman–Crippen LogP) is 3.26. The fourth-order valence-electron chi connectivity index (χ4n) is 2.79. The Labute approximate surface area is 145 Å².